The maximum atomic E-state index is 13.2. The summed E-state index contributed by atoms with van der Waals surface area (Å²) in [6.07, 6.45) is -0.313. The third kappa shape index (κ3) is 6.34. The number of nitrogens with two attached hydrogens (primary N) is 1. The molecule has 37 heavy (non-hydrogen) atoms. The first-order valence-electron chi connectivity index (χ1n) is 11.9. The van der Waals surface area contributed by atoms with Crippen LogP contribution in [0.4, 0.5) is 24.5 Å². The molecule has 1 aliphatic rings. The largest absolute Gasteiger partial charge is 0.468 e. The number of aromatic nitrogens is 3. The Morgan fingerprint density at radius 1 is 1.14 bits per heavy atom. The first kappa shape index (κ1) is 26.3. The number of alkyl halides is 3. The number of carbonyl (C=O) groups excluding carboxylic acids is 1. The van der Waals surface area contributed by atoms with Gasteiger partial charge in [-0.3, -0.25) is 9.78 Å². The van der Waals surface area contributed by atoms with Crippen molar-refractivity contribution in [1.82, 2.24) is 15.0 Å². The van der Waals surface area contributed by atoms with E-state index in [2.05, 4.69) is 27.2 Å². The van der Waals surface area contributed by atoms with Crippen molar-refractivity contribution < 1.29 is 27.8 Å². The minimum Gasteiger partial charge on any atom is -0.468 e. The fourth-order valence-electron chi connectivity index (χ4n) is 4.53. The van der Waals surface area contributed by atoms with Crippen LogP contribution >= 0.6 is 0 Å². The molecule has 0 radical (unpaired) electrons. The van der Waals surface area contributed by atoms with Gasteiger partial charge in [0.25, 0.3) is 5.91 Å². The van der Waals surface area contributed by atoms with Gasteiger partial charge in [-0.2, -0.15) is 13.2 Å². The molecule has 1 aliphatic carbocycles. The number of hydrogen-bond acceptors (Lipinski definition) is 7. The lowest BCUT2D eigenvalue weighted by Gasteiger charge is -2.37. The number of hydrogen-bond donors (Lipinski definition) is 3. The average Bonchev–Trinajstić information content (AvgIpc) is 2.86. The molecular formula is C26H28F3N5O3. The van der Waals surface area contributed by atoms with Crippen LogP contribution in [0.2, 0.25) is 0 Å². The standard InChI is InChI=1S/C26H28F3N5O3/c1-14-10-16(11-22(35)15(14)2)17-8-9-31-12-21(17)34-25(36)24-18(30)6-7-20(33-24)19-4-3-5-23(32-19)37-13-26(27,28)29/h3-9,12,14-16,22,35H,10-11,13,30H2,1-2H3,(H,34,36)/t14-,15-,16+,22+/m0/s1. The van der Waals surface area contributed by atoms with Gasteiger partial charge >= 0.3 is 6.18 Å². The molecule has 3 aromatic heterocycles. The highest BCUT2D eigenvalue weighted by atomic mass is 19.4. The average molecular weight is 516 g/mol. The topological polar surface area (TPSA) is 123 Å². The minimum absolute atomic E-state index is 0.0415. The van der Waals surface area contributed by atoms with E-state index in [4.69, 9.17) is 10.5 Å². The van der Waals surface area contributed by atoms with E-state index in [1.54, 1.807) is 12.4 Å². The summed E-state index contributed by atoms with van der Waals surface area (Å²) in [7, 11) is 0. The number of carbonyl (C=O) groups is 1. The van der Waals surface area contributed by atoms with Crippen molar-refractivity contribution in [2.24, 2.45) is 11.8 Å². The fourth-order valence-corrected chi connectivity index (χ4v) is 4.53. The summed E-state index contributed by atoms with van der Waals surface area (Å²) in [5.74, 6) is -0.259. The lowest BCUT2D eigenvalue weighted by molar-refractivity contribution is -0.154. The van der Waals surface area contributed by atoms with Gasteiger partial charge in [0.2, 0.25) is 5.88 Å². The Kier molecular flexibility index (Phi) is 7.63. The summed E-state index contributed by atoms with van der Waals surface area (Å²) in [4.78, 5) is 25.7. The van der Waals surface area contributed by atoms with E-state index in [9.17, 15) is 23.1 Å². The molecule has 4 N–H and O–H groups in total. The Morgan fingerprint density at radius 3 is 2.62 bits per heavy atom. The Morgan fingerprint density at radius 2 is 1.89 bits per heavy atom. The van der Waals surface area contributed by atoms with Gasteiger partial charge < -0.3 is 20.9 Å². The van der Waals surface area contributed by atoms with E-state index < -0.39 is 24.8 Å². The quantitative estimate of drug-likeness (QED) is 0.430. The zero-order chi connectivity index (χ0) is 26.7. The summed E-state index contributed by atoms with van der Waals surface area (Å²) in [6, 6.07) is 9.15. The summed E-state index contributed by atoms with van der Waals surface area (Å²) in [6.45, 7) is 2.66. The van der Waals surface area contributed by atoms with Gasteiger partial charge in [0.1, 0.15) is 0 Å². The smallest absolute Gasteiger partial charge is 0.422 e. The maximum absolute atomic E-state index is 13.2. The monoisotopic (exact) mass is 515 g/mol. The first-order valence-corrected chi connectivity index (χ1v) is 11.9. The number of amides is 1. The molecule has 0 aromatic carbocycles. The van der Waals surface area contributed by atoms with Crippen LogP contribution in [0.3, 0.4) is 0 Å². The highest BCUT2D eigenvalue weighted by Crippen LogP contribution is 2.41. The van der Waals surface area contributed by atoms with E-state index >= 15 is 0 Å². The molecule has 3 aromatic rings. The second-order valence-electron chi connectivity index (χ2n) is 9.39. The molecule has 0 saturated heterocycles. The van der Waals surface area contributed by atoms with E-state index in [0.29, 0.717) is 18.0 Å². The van der Waals surface area contributed by atoms with Crippen LogP contribution in [-0.4, -0.2) is 44.9 Å². The fraction of sp³-hybridized carbons (Fsp3) is 0.385. The summed E-state index contributed by atoms with van der Waals surface area (Å²) < 4.78 is 42.2. The number of rotatable bonds is 6. The van der Waals surface area contributed by atoms with E-state index in [1.165, 1.54) is 30.3 Å². The van der Waals surface area contributed by atoms with E-state index in [0.717, 1.165) is 12.0 Å². The number of pyridine rings is 3. The SMILES string of the molecule is C[C@@H]1[C@H](O)C[C@H](c2ccncc2NC(=O)c2nc(-c3cccc(OCC(F)(F)F)n3)ccc2N)C[C@@H]1C. The number of aliphatic hydroxyl groups excluding tert-OH is 1. The number of nitrogen functional groups attached to an aromatic ring is 1. The molecule has 11 heteroatoms. The van der Waals surface area contributed by atoms with Gasteiger partial charge in [-0.05, 0) is 60.4 Å². The molecule has 0 spiro atoms. The highest BCUT2D eigenvalue weighted by molar-refractivity contribution is 6.06. The maximum Gasteiger partial charge on any atom is 0.422 e. The van der Waals surface area contributed by atoms with Crippen molar-refractivity contribution in [1.29, 1.82) is 0 Å². The van der Waals surface area contributed by atoms with Crippen LogP contribution in [-0.2, 0) is 0 Å². The highest BCUT2D eigenvalue weighted by Gasteiger charge is 2.33. The Hall–Kier alpha value is -3.73. The number of ether oxygens (including phenoxy) is 1. The van der Waals surface area contributed by atoms with Gasteiger partial charge in [0.05, 0.1) is 35.1 Å². The molecule has 4 atom stereocenters. The van der Waals surface area contributed by atoms with Gasteiger partial charge in [0.15, 0.2) is 12.3 Å². The van der Waals surface area contributed by atoms with Crippen molar-refractivity contribution in [3.05, 3.63) is 60.0 Å². The molecule has 4 rings (SSSR count). The van der Waals surface area contributed by atoms with Crippen LogP contribution < -0.4 is 15.8 Å². The normalized spacial score (nSPS) is 21.9. The van der Waals surface area contributed by atoms with Gasteiger partial charge in [-0.15, -0.1) is 0 Å². The predicted octanol–water partition coefficient (Wildman–Crippen LogP) is 4.82. The number of aliphatic hydroxyl groups is 1. The third-order valence-electron chi connectivity index (χ3n) is 6.74. The molecule has 0 aliphatic heterocycles. The molecule has 0 bridgehead atoms. The van der Waals surface area contributed by atoms with Gasteiger partial charge in [0, 0.05) is 12.3 Å². The molecule has 196 valence electrons. The minimum atomic E-state index is -4.50. The van der Waals surface area contributed by atoms with Crippen LogP contribution in [0.5, 0.6) is 5.88 Å². The zero-order valence-electron chi connectivity index (χ0n) is 20.4. The second kappa shape index (κ2) is 10.7. The van der Waals surface area contributed by atoms with Crippen molar-refractivity contribution in [2.45, 2.75) is 44.9 Å². The molecule has 0 unspecified atom stereocenters. The third-order valence-corrected chi connectivity index (χ3v) is 6.74. The zero-order valence-corrected chi connectivity index (χ0v) is 20.4. The molecule has 1 saturated carbocycles. The first-order chi connectivity index (χ1) is 17.5. The number of halogens is 3. The van der Waals surface area contributed by atoms with Crippen LogP contribution in [0.15, 0.2) is 48.8 Å². The van der Waals surface area contributed by atoms with Crippen molar-refractivity contribution in [3.8, 4) is 17.3 Å². The van der Waals surface area contributed by atoms with Crippen LogP contribution in [0, 0.1) is 11.8 Å². The Balaban J connectivity index is 1.56. The molecule has 1 fully saturated rings. The molecule has 8 nitrogen and oxygen atoms in total. The second-order valence-corrected chi connectivity index (χ2v) is 9.39. The van der Waals surface area contributed by atoms with Crippen LogP contribution in [0.25, 0.3) is 11.4 Å². The van der Waals surface area contributed by atoms with E-state index in [1.807, 2.05) is 13.0 Å². The van der Waals surface area contributed by atoms with Gasteiger partial charge in [-0.25, -0.2) is 9.97 Å². The molecular weight excluding hydrogens is 487 g/mol. The predicted molar refractivity (Wildman–Crippen MR) is 132 cm³/mol. The number of nitrogens with one attached hydrogen (secondary N) is 1. The lowest BCUT2D eigenvalue weighted by Crippen LogP contribution is -2.32. The summed E-state index contributed by atoms with van der Waals surface area (Å²) >= 11 is 0. The van der Waals surface area contributed by atoms with Crippen molar-refractivity contribution >= 4 is 17.3 Å². The van der Waals surface area contributed by atoms with E-state index in [-0.39, 0.29) is 40.5 Å². The molecule has 1 amide bonds. The van der Waals surface area contributed by atoms with Gasteiger partial charge in [-0.1, -0.05) is 19.9 Å². The summed E-state index contributed by atoms with van der Waals surface area (Å²) in [5.41, 5.74) is 7.91. The Labute approximate surface area is 212 Å². The molecule has 3 heterocycles. The number of anilines is 2. The van der Waals surface area contributed by atoms with Crippen molar-refractivity contribution in [3.63, 3.8) is 0 Å². The summed E-state index contributed by atoms with van der Waals surface area (Å²) in [5, 5.41) is 13.3. The van der Waals surface area contributed by atoms with Crippen molar-refractivity contribution in [2.75, 3.05) is 17.7 Å². The lowest BCUT2D eigenvalue weighted by atomic mass is 9.71. The number of nitrogens with zero attached hydrogens (tertiary/aromatic N) is 3. The Bertz CT molecular complexity index is 1260. The van der Waals surface area contributed by atoms with Crippen LogP contribution in [0.1, 0.15) is 48.7 Å².